The van der Waals surface area contributed by atoms with Gasteiger partial charge in [-0.2, -0.15) is 26.3 Å². The third kappa shape index (κ3) is 6.64. The molecule has 2 atom stereocenters. The lowest BCUT2D eigenvalue weighted by Gasteiger charge is -2.57. The molecule has 2 amide bonds. The van der Waals surface area contributed by atoms with E-state index in [0.29, 0.717) is 62.3 Å². The van der Waals surface area contributed by atoms with Crippen LogP contribution in [0.15, 0.2) is 54.1 Å². The van der Waals surface area contributed by atoms with Crippen LogP contribution < -0.4 is 0 Å². The number of carbonyl (C=O) groups is 2. The Hall–Kier alpha value is -3.41. The summed E-state index contributed by atoms with van der Waals surface area (Å²) in [5.41, 5.74) is -1.99. The van der Waals surface area contributed by atoms with Gasteiger partial charge in [-0.25, -0.2) is 4.39 Å². The molecule has 1 heterocycles. The van der Waals surface area contributed by atoms with Crippen molar-refractivity contribution >= 4 is 11.8 Å². The fraction of sp³-hybridized carbons (Fsp3) is 0.500. The van der Waals surface area contributed by atoms with Crippen molar-refractivity contribution in [3.63, 3.8) is 0 Å². The second-order valence-corrected chi connectivity index (χ2v) is 12.5. The van der Waals surface area contributed by atoms with Crippen LogP contribution in [0.2, 0.25) is 0 Å². The van der Waals surface area contributed by atoms with Gasteiger partial charge in [-0.3, -0.25) is 14.5 Å². The molecule has 2 unspecified atom stereocenters. The molecule has 2 aromatic rings. The molecule has 0 spiro atoms. The summed E-state index contributed by atoms with van der Waals surface area (Å²) in [6.07, 6.45) is -5.82. The largest absolute Gasteiger partial charge is 0.416 e. The van der Waals surface area contributed by atoms with Gasteiger partial charge in [0.1, 0.15) is 5.82 Å². The van der Waals surface area contributed by atoms with E-state index < -0.39 is 40.8 Å². The van der Waals surface area contributed by atoms with Gasteiger partial charge in [-0.05, 0) is 72.6 Å². The minimum Gasteiger partial charge on any atom is -0.336 e. The molecule has 4 aliphatic rings. The van der Waals surface area contributed by atoms with Gasteiger partial charge >= 0.3 is 12.4 Å². The summed E-state index contributed by atoms with van der Waals surface area (Å²) in [4.78, 5) is 31.5. The van der Waals surface area contributed by atoms with Crippen molar-refractivity contribution in [3.05, 3.63) is 82.2 Å². The SMILES string of the molecule is CC1(C)C2CC=C(CN(CCN3CCN(C(=O)c4cc(C(F)(F)F)cc(C(F)(F)F)c4)CC3)C(=O)c3ccc(F)cc3)C1C2. The highest BCUT2D eigenvalue weighted by atomic mass is 19.4. The molecule has 44 heavy (non-hydrogen) atoms. The molecule has 2 aromatic carbocycles. The van der Waals surface area contributed by atoms with Crippen LogP contribution in [0.4, 0.5) is 30.7 Å². The first-order valence-electron chi connectivity index (χ1n) is 14.6. The summed E-state index contributed by atoms with van der Waals surface area (Å²) in [7, 11) is 0. The Bertz CT molecular complexity index is 1390. The topological polar surface area (TPSA) is 43.9 Å². The summed E-state index contributed by atoms with van der Waals surface area (Å²) in [6.45, 7) is 6.58. The van der Waals surface area contributed by atoms with Crippen LogP contribution in [0.5, 0.6) is 0 Å². The van der Waals surface area contributed by atoms with E-state index in [2.05, 4.69) is 19.9 Å². The molecule has 1 saturated carbocycles. The van der Waals surface area contributed by atoms with Gasteiger partial charge in [0.15, 0.2) is 0 Å². The first-order chi connectivity index (χ1) is 20.5. The molecule has 1 aliphatic heterocycles. The van der Waals surface area contributed by atoms with Crippen LogP contribution in [-0.4, -0.2) is 72.3 Å². The van der Waals surface area contributed by atoms with Crippen molar-refractivity contribution in [2.75, 3.05) is 45.8 Å². The molecular weight excluding hydrogens is 591 g/mol. The summed E-state index contributed by atoms with van der Waals surface area (Å²) < 4.78 is 93.3. The van der Waals surface area contributed by atoms with E-state index in [9.17, 15) is 40.3 Å². The molecule has 2 bridgehead atoms. The number of benzene rings is 2. The Labute approximate surface area is 251 Å². The van der Waals surface area contributed by atoms with E-state index >= 15 is 0 Å². The first kappa shape index (κ1) is 32.0. The van der Waals surface area contributed by atoms with Crippen molar-refractivity contribution in [1.29, 1.82) is 0 Å². The third-order valence-corrected chi connectivity index (χ3v) is 9.51. The van der Waals surface area contributed by atoms with Crippen LogP contribution >= 0.6 is 0 Å². The number of hydrogen-bond acceptors (Lipinski definition) is 3. The Balaban J connectivity index is 1.24. The van der Waals surface area contributed by atoms with Crippen molar-refractivity contribution in [1.82, 2.24) is 14.7 Å². The summed E-state index contributed by atoms with van der Waals surface area (Å²) in [6, 6.07) is 6.29. The van der Waals surface area contributed by atoms with Gasteiger partial charge in [0.2, 0.25) is 0 Å². The minimum absolute atomic E-state index is 0.00134. The van der Waals surface area contributed by atoms with E-state index in [0.717, 1.165) is 12.8 Å². The fourth-order valence-electron chi connectivity index (χ4n) is 6.60. The number of hydrogen-bond donors (Lipinski definition) is 0. The quantitative estimate of drug-likeness (QED) is 0.253. The van der Waals surface area contributed by atoms with Crippen LogP contribution in [-0.2, 0) is 12.4 Å². The van der Waals surface area contributed by atoms with Gasteiger partial charge in [-0.1, -0.05) is 25.5 Å². The van der Waals surface area contributed by atoms with Crippen LogP contribution in [0, 0.1) is 23.1 Å². The molecule has 2 fully saturated rings. The normalized spacial score (nSPS) is 21.8. The van der Waals surface area contributed by atoms with Crippen molar-refractivity contribution in [2.45, 2.75) is 39.0 Å². The molecule has 0 N–H and O–H groups in total. The highest BCUT2D eigenvalue weighted by Gasteiger charge is 2.51. The average Bonchev–Trinajstić information content (AvgIpc) is 2.98. The van der Waals surface area contributed by atoms with E-state index in [-0.39, 0.29) is 30.5 Å². The number of carbonyl (C=O) groups excluding carboxylic acids is 2. The second-order valence-electron chi connectivity index (χ2n) is 12.5. The van der Waals surface area contributed by atoms with Gasteiger partial charge in [0.05, 0.1) is 11.1 Å². The monoisotopic (exact) mass is 625 g/mol. The third-order valence-electron chi connectivity index (χ3n) is 9.51. The zero-order valence-electron chi connectivity index (χ0n) is 24.4. The van der Waals surface area contributed by atoms with Gasteiger partial charge in [0.25, 0.3) is 11.8 Å². The predicted octanol–water partition coefficient (Wildman–Crippen LogP) is 6.76. The van der Waals surface area contributed by atoms with E-state index in [1.807, 2.05) is 4.90 Å². The molecule has 3 aliphatic carbocycles. The first-order valence-corrected chi connectivity index (χ1v) is 14.6. The number of piperazine rings is 1. The molecule has 5 nitrogen and oxygen atoms in total. The number of allylic oxidation sites excluding steroid dienone is 1. The van der Waals surface area contributed by atoms with E-state index in [4.69, 9.17) is 0 Å². The van der Waals surface area contributed by atoms with Crippen LogP contribution in [0.25, 0.3) is 0 Å². The molecule has 0 radical (unpaired) electrons. The lowest BCUT2D eigenvalue weighted by atomic mass is 9.49. The molecule has 6 rings (SSSR count). The number of fused-ring (bicyclic) bond motifs is 1. The van der Waals surface area contributed by atoms with E-state index in [1.54, 1.807) is 4.90 Å². The van der Waals surface area contributed by atoms with Crippen LogP contribution in [0.3, 0.4) is 0 Å². The number of nitrogens with zero attached hydrogens (tertiary/aromatic N) is 3. The van der Waals surface area contributed by atoms with Gasteiger partial charge < -0.3 is 9.80 Å². The van der Waals surface area contributed by atoms with Gasteiger partial charge in [0, 0.05) is 56.9 Å². The molecule has 238 valence electrons. The number of rotatable bonds is 7. The fourth-order valence-corrected chi connectivity index (χ4v) is 6.60. The molecule has 1 saturated heterocycles. The highest BCUT2D eigenvalue weighted by Crippen LogP contribution is 2.59. The maximum atomic E-state index is 13.5. The standard InChI is InChI=1S/C32H34F7N3O2/c1-30(2)23-6-3-21(27(30)18-23)19-42(28(43)20-4-7-26(33)8-5-20)14-11-40-9-12-41(13-10-40)29(44)22-15-24(31(34,35)36)17-25(16-22)32(37,38)39/h3-5,7-8,15-17,23,27H,6,9-14,18-19H2,1-2H3. The Morgan fingerprint density at radius 2 is 1.48 bits per heavy atom. The highest BCUT2D eigenvalue weighted by molar-refractivity contribution is 5.95. The molecule has 12 heteroatoms. The summed E-state index contributed by atoms with van der Waals surface area (Å²) in [5, 5.41) is 0. The Morgan fingerprint density at radius 3 is 2.00 bits per heavy atom. The lowest BCUT2D eigenvalue weighted by molar-refractivity contribution is -0.143. The average molecular weight is 626 g/mol. The lowest BCUT2D eigenvalue weighted by Crippen LogP contribution is -2.52. The van der Waals surface area contributed by atoms with Crippen molar-refractivity contribution in [3.8, 4) is 0 Å². The smallest absolute Gasteiger partial charge is 0.336 e. The van der Waals surface area contributed by atoms with Gasteiger partial charge in [-0.15, -0.1) is 0 Å². The van der Waals surface area contributed by atoms with Crippen molar-refractivity contribution in [2.24, 2.45) is 17.3 Å². The second kappa shape index (κ2) is 11.8. The molecule has 0 aromatic heterocycles. The van der Waals surface area contributed by atoms with E-state index in [1.165, 1.54) is 34.7 Å². The number of halogens is 7. The predicted molar refractivity (Wildman–Crippen MR) is 149 cm³/mol. The van der Waals surface area contributed by atoms with Crippen molar-refractivity contribution < 1.29 is 40.3 Å². The maximum Gasteiger partial charge on any atom is 0.416 e. The summed E-state index contributed by atoms with van der Waals surface area (Å²) in [5.74, 6) is -0.568. The Kier molecular flexibility index (Phi) is 8.60. The maximum absolute atomic E-state index is 13.5. The zero-order valence-corrected chi connectivity index (χ0v) is 24.4. The minimum atomic E-state index is -5.05. The molecular formula is C32H34F7N3O2. The number of amides is 2. The number of alkyl halides is 6. The van der Waals surface area contributed by atoms with Crippen LogP contribution in [0.1, 0.15) is 58.5 Å². The summed E-state index contributed by atoms with van der Waals surface area (Å²) >= 11 is 0. The Morgan fingerprint density at radius 1 is 0.886 bits per heavy atom. The zero-order chi connectivity index (χ0) is 32.0.